The summed E-state index contributed by atoms with van der Waals surface area (Å²) in [7, 11) is 0. The quantitative estimate of drug-likeness (QED) is 0.388. The lowest BCUT2D eigenvalue weighted by Crippen LogP contribution is -2.83. The lowest BCUT2D eigenvalue weighted by molar-refractivity contribution is -0.205. The number of carbonyl (C=O) groups excluding carboxylic acids is 3. The van der Waals surface area contributed by atoms with Crippen LogP contribution in [-0.4, -0.2) is 69.5 Å². The number of alkyl carbamates (subject to hydrolysis) is 1. The second-order valence-electron chi connectivity index (χ2n) is 9.61. The lowest BCUT2D eigenvalue weighted by atomic mass is 9.88. The van der Waals surface area contributed by atoms with Crippen molar-refractivity contribution in [1.82, 2.24) is 15.5 Å². The van der Waals surface area contributed by atoms with Crippen molar-refractivity contribution in [2.45, 2.75) is 57.4 Å². The zero-order valence-electron chi connectivity index (χ0n) is 19.9. The number of hydrogen-bond acceptors (Lipinski definition) is 7. The van der Waals surface area contributed by atoms with Crippen LogP contribution in [0, 0.1) is 5.41 Å². The van der Waals surface area contributed by atoms with E-state index in [1.165, 1.54) is 16.7 Å². The van der Waals surface area contributed by atoms with E-state index in [0.29, 0.717) is 5.56 Å². The Balaban J connectivity index is 1.84. The molecule has 11 heteroatoms. The van der Waals surface area contributed by atoms with Crippen molar-refractivity contribution in [2.24, 2.45) is 5.41 Å². The van der Waals surface area contributed by atoms with Gasteiger partial charge in [0.25, 0.3) is 11.6 Å². The molecule has 2 fully saturated rings. The number of aliphatic carboxylic acids is 1. The van der Waals surface area contributed by atoms with E-state index in [1.54, 1.807) is 65.0 Å². The van der Waals surface area contributed by atoms with E-state index in [-0.39, 0.29) is 18.9 Å². The highest BCUT2D eigenvalue weighted by atomic mass is 32.2. The molecule has 2 heterocycles. The van der Waals surface area contributed by atoms with Crippen molar-refractivity contribution in [3.05, 3.63) is 35.9 Å². The molecule has 3 unspecified atom stereocenters. The molecule has 0 saturated carbocycles. The number of carboxylic acids is 1. The standard InChI is InChI=1S/C23H31N3O7S/c1-6-32-23(17(28)26-12-22(5,19(29)30)13-34-18(23)26)25-16(27)15(14-10-8-7-9-11-14)24-20(31)33-21(2,3)4/h7-11,15,18H,6,12-13H2,1-5H3,(H,24,31)(H,25,27)(H,29,30)/t15?,18-,22?,23?/m1/s1. The largest absolute Gasteiger partial charge is 0.481 e. The molecular weight excluding hydrogens is 462 g/mol. The zero-order chi connectivity index (χ0) is 25.3. The second kappa shape index (κ2) is 9.46. The van der Waals surface area contributed by atoms with Crippen LogP contribution in [0.15, 0.2) is 30.3 Å². The summed E-state index contributed by atoms with van der Waals surface area (Å²) in [5.41, 5.74) is -3.02. The predicted octanol–water partition coefficient (Wildman–Crippen LogP) is 2.11. The fourth-order valence-corrected chi connectivity index (χ4v) is 5.45. The molecule has 0 aliphatic carbocycles. The molecule has 0 radical (unpaired) electrons. The number of hydrogen-bond donors (Lipinski definition) is 3. The van der Waals surface area contributed by atoms with Crippen molar-refractivity contribution >= 4 is 35.6 Å². The van der Waals surface area contributed by atoms with Crippen molar-refractivity contribution in [2.75, 3.05) is 18.9 Å². The summed E-state index contributed by atoms with van der Waals surface area (Å²) in [6.07, 6.45) is -0.784. The van der Waals surface area contributed by atoms with Gasteiger partial charge in [0.2, 0.25) is 5.91 Å². The third-order valence-corrected chi connectivity index (χ3v) is 7.25. The summed E-state index contributed by atoms with van der Waals surface area (Å²) in [6.45, 7) is 8.57. The summed E-state index contributed by atoms with van der Waals surface area (Å²) in [6, 6.07) is 7.44. The zero-order valence-corrected chi connectivity index (χ0v) is 20.7. The van der Waals surface area contributed by atoms with E-state index in [1.807, 2.05) is 0 Å². The number of nitrogens with one attached hydrogen (secondary N) is 2. The van der Waals surface area contributed by atoms with Gasteiger partial charge in [0.1, 0.15) is 17.0 Å². The van der Waals surface area contributed by atoms with Gasteiger partial charge in [-0.05, 0) is 40.2 Å². The Labute approximate surface area is 202 Å². The maximum Gasteiger partial charge on any atom is 0.408 e. The summed E-state index contributed by atoms with van der Waals surface area (Å²) in [5.74, 6) is -1.91. The number of thioether (sulfide) groups is 1. The van der Waals surface area contributed by atoms with Gasteiger partial charge in [0, 0.05) is 18.9 Å². The van der Waals surface area contributed by atoms with Crippen LogP contribution in [-0.2, 0) is 23.9 Å². The number of nitrogens with zero attached hydrogens (tertiary/aromatic N) is 1. The van der Waals surface area contributed by atoms with Gasteiger partial charge < -0.3 is 30.1 Å². The minimum absolute atomic E-state index is 0.0157. The number of carboxylic acid groups (broad SMARTS) is 1. The number of amides is 3. The monoisotopic (exact) mass is 493 g/mol. The average molecular weight is 494 g/mol. The molecule has 0 aromatic heterocycles. The van der Waals surface area contributed by atoms with Gasteiger partial charge in [-0.2, -0.15) is 0 Å². The van der Waals surface area contributed by atoms with Crippen molar-refractivity contribution in [3.63, 3.8) is 0 Å². The minimum atomic E-state index is -1.65. The first-order valence-electron chi connectivity index (χ1n) is 11.0. The highest BCUT2D eigenvalue weighted by Gasteiger charge is 2.67. The molecule has 1 aromatic rings. The highest BCUT2D eigenvalue weighted by molar-refractivity contribution is 8.00. The SMILES string of the molecule is CCOC1(NC(=O)C(NC(=O)OC(C)(C)C)c2ccccc2)C(=O)N2CC(C)(C(=O)O)CS[C@@H]21. The van der Waals surface area contributed by atoms with E-state index in [2.05, 4.69) is 10.6 Å². The van der Waals surface area contributed by atoms with E-state index in [0.717, 1.165) is 0 Å². The summed E-state index contributed by atoms with van der Waals surface area (Å²) in [4.78, 5) is 52.2. The Morgan fingerprint density at radius 2 is 1.91 bits per heavy atom. The van der Waals surface area contributed by atoms with Crippen LogP contribution in [0.1, 0.15) is 46.2 Å². The molecule has 3 amide bonds. The molecule has 3 N–H and O–H groups in total. The number of β-lactam (4-membered cyclic amide) rings is 1. The second-order valence-corrected chi connectivity index (χ2v) is 10.7. The summed E-state index contributed by atoms with van der Waals surface area (Å²) < 4.78 is 11.1. The Bertz CT molecular complexity index is 967. The maximum absolute atomic E-state index is 13.4. The molecule has 2 saturated heterocycles. The molecule has 0 bridgehead atoms. The van der Waals surface area contributed by atoms with Crippen molar-refractivity contribution < 1.29 is 33.8 Å². The fourth-order valence-electron chi connectivity index (χ4n) is 3.89. The molecule has 2 aliphatic rings. The number of carbonyl (C=O) groups is 4. The third-order valence-electron chi connectivity index (χ3n) is 5.54. The van der Waals surface area contributed by atoms with Crippen LogP contribution in [0.4, 0.5) is 4.79 Å². The first kappa shape index (κ1) is 25.8. The minimum Gasteiger partial charge on any atom is -0.481 e. The molecule has 34 heavy (non-hydrogen) atoms. The van der Waals surface area contributed by atoms with E-state index in [4.69, 9.17) is 9.47 Å². The van der Waals surface area contributed by atoms with Crippen LogP contribution in [0.2, 0.25) is 0 Å². The van der Waals surface area contributed by atoms with Gasteiger partial charge in [-0.15, -0.1) is 11.8 Å². The van der Waals surface area contributed by atoms with Crippen LogP contribution in [0.5, 0.6) is 0 Å². The Morgan fingerprint density at radius 1 is 1.26 bits per heavy atom. The molecule has 186 valence electrons. The third kappa shape index (κ3) is 5.00. The molecule has 1 aromatic carbocycles. The molecule has 4 atom stereocenters. The Hall–Kier alpha value is -2.79. The molecule has 0 spiro atoms. The van der Waals surface area contributed by atoms with Crippen LogP contribution >= 0.6 is 11.8 Å². The van der Waals surface area contributed by atoms with Crippen LogP contribution in [0.25, 0.3) is 0 Å². The number of rotatable bonds is 7. The van der Waals surface area contributed by atoms with E-state index >= 15 is 0 Å². The Kier molecular flexibility index (Phi) is 7.18. The summed E-state index contributed by atoms with van der Waals surface area (Å²) in [5, 5.41) is 14.3. The molecular formula is C23H31N3O7S. The van der Waals surface area contributed by atoms with Gasteiger partial charge in [0.15, 0.2) is 0 Å². The fraction of sp³-hybridized carbons (Fsp3) is 0.565. The van der Waals surface area contributed by atoms with Gasteiger partial charge in [-0.3, -0.25) is 14.4 Å². The predicted molar refractivity (Wildman–Crippen MR) is 125 cm³/mol. The molecule has 2 aliphatic heterocycles. The number of fused-ring (bicyclic) bond motifs is 1. The number of benzene rings is 1. The molecule has 3 rings (SSSR count). The van der Waals surface area contributed by atoms with Gasteiger partial charge >= 0.3 is 12.1 Å². The van der Waals surface area contributed by atoms with Crippen molar-refractivity contribution in [3.8, 4) is 0 Å². The number of ether oxygens (including phenoxy) is 2. The maximum atomic E-state index is 13.4. The van der Waals surface area contributed by atoms with E-state index < -0.39 is 52.0 Å². The normalized spacial score (nSPS) is 27.1. The highest BCUT2D eigenvalue weighted by Crippen LogP contribution is 2.47. The van der Waals surface area contributed by atoms with Gasteiger partial charge in [-0.25, -0.2) is 4.79 Å². The molecule has 10 nitrogen and oxygen atoms in total. The topological polar surface area (TPSA) is 134 Å². The van der Waals surface area contributed by atoms with E-state index in [9.17, 15) is 24.3 Å². The first-order chi connectivity index (χ1) is 15.8. The van der Waals surface area contributed by atoms with Crippen LogP contribution < -0.4 is 10.6 Å². The average Bonchev–Trinajstić information content (AvgIpc) is 2.76. The summed E-state index contributed by atoms with van der Waals surface area (Å²) >= 11 is 1.24. The van der Waals surface area contributed by atoms with Gasteiger partial charge in [-0.1, -0.05) is 30.3 Å². The lowest BCUT2D eigenvalue weighted by Gasteiger charge is -2.58. The smallest absolute Gasteiger partial charge is 0.408 e. The van der Waals surface area contributed by atoms with Crippen LogP contribution in [0.3, 0.4) is 0 Å². The van der Waals surface area contributed by atoms with Crippen molar-refractivity contribution in [1.29, 1.82) is 0 Å². The van der Waals surface area contributed by atoms with Gasteiger partial charge in [0.05, 0.1) is 5.41 Å². The first-order valence-corrected chi connectivity index (χ1v) is 12.0. The Morgan fingerprint density at radius 3 is 2.47 bits per heavy atom.